The molecule has 5 rings (SSSR count). The van der Waals surface area contributed by atoms with Gasteiger partial charge in [-0.1, -0.05) is 54.6 Å². The van der Waals surface area contributed by atoms with Crippen LogP contribution in [0.1, 0.15) is 18.4 Å². The second-order valence-electron chi connectivity index (χ2n) is 9.14. The zero-order chi connectivity index (χ0) is 26.5. The zero-order valence-electron chi connectivity index (χ0n) is 21.5. The topological polar surface area (TPSA) is 85.7 Å². The highest BCUT2D eigenvalue weighted by Crippen LogP contribution is 2.31. The zero-order valence-corrected chi connectivity index (χ0v) is 21.5. The van der Waals surface area contributed by atoms with Gasteiger partial charge in [0.2, 0.25) is 11.8 Å². The molecular weight excluding hydrogens is 480 g/mol. The van der Waals surface area contributed by atoms with Crippen LogP contribution in [0.5, 0.6) is 11.5 Å². The summed E-state index contributed by atoms with van der Waals surface area (Å²) in [6.45, 7) is 0.536. The number of benzene rings is 3. The Hall–Kier alpha value is -4.59. The minimum absolute atomic E-state index is 0.104. The predicted molar refractivity (Wildman–Crippen MR) is 146 cm³/mol. The van der Waals surface area contributed by atoms with Crippen LogP contribution in [0, 0.1) is 0 Å². The fraction of sp³-hybridized carbons (Fsp3) is 0.233. The molecule has 2 amide bonds. The highest BCUT2D eigenvalue weighted by molar-refractivity contribution is 5.99. The molecule has 0 saturated carbocycles. The Morgan fingerprint density at radius 1 is 0.947 bits per heavy atom. The Balaban J connectivity index is 1.36. The number of hydrogen-bond donors (Lipinski definition) is 1. The van der Waals surface area contributed by atoms with E-state index >= 15 is 0 Å². The number of para-hydroxylation sites is 1. The SMILES string of the molecule is COc1ccc(CC(=O)N2CCCC2C(=O)Nc2nn(-c3ccccc3)cc2-c2ccccc2)cc1OC. The van der Waals surface area contributed by atoms with Gasteiger partial charge in [-0.15, -0.1) is 5.10 Å². The van der Waals surface area contributed by atoms with E-state index in [1.54, 1.807) is 35.9 Å². The summed E-state index contributed by atoms with van der Waals surface area (Å²) in [5, 5.41) is 7.72. The van der Waals surface area contributed by atoms with Crippen LogP contribution in [0.2, 0.25) is 0 Å². The van der Waals surface area contributed by atoms with Crippen molar-refractivity contribution >= 4 is 17.6 Å². The number of amides is 2. The second kappa shape index (κ2) is 11.2. The molecule has 8 nitrogen and oxygen atoms in total. The molecule has 0 radical (unpaired) electrons. The summed E-state index contributed by atoms with van der Waals surface area (Å²) in [5.74, 6) is 1.29. The minimum Gasteiger partial charge on any atom is -0.493 e. The van der Waals surface area contributed by atoms with E-state index in [9.17, 15) is 9.59 Å². The number of anilines is 1. The van der Waals surface area contributed by atoms with Gasteiger partial charge in [0, 0.05) is 18.3 Å². The molecule has 1 aliphatic heterocycles. The number of rotatable bonds is 8. The summed E-state index contributed by atoms with van der Waals surface area (Å²) in [4.78, 5) is 28.4. The minimum atomic E-state index is -0.562. The molecule has 0 spiro atoms. The third-order valence-corrected chi connectivity index (χ3v) is 6.74. The van der Waals surface area contributed by atoms with Gasteiger partial charge in [-0.05, 0) is 48.2 Å². The van der Waals surface area contributed by atoms with Gasteiger partial charge in [-0.25, -0.2) is 4.68 Å². The predicted octanol–water partition coefficient (Wildman–Crippen LogP) is 4.73. The normalized spacial score (nSPS) is 14.8. The number of hydrogen-bond acceptors (Lipinski definition) is 5. The first-order chi connectivity index (χ1) is 18.6. The Morgan fingerprint density at radius 3 is 2.37 bits per heavy atom. The first kappa shape index (κ1) is 25.1. The van der Waals surface area contributed by atoms with E-state index in [-0.39, 0.29) is 18.2 Å². The summed E-state index contributed by atoms with van der Waals surface area (Å²) in [6, 6.07) is 24.4. The lowest BCUT2D eigenvalue weighted by molar-refractivity contribution is -0.136. The van der Waals surface area contributed by atoms with Crippen LogP contribution in [0.15, 0.2) is 85.1 Å². The van der Waals surface area contributed by atoms with E-state index in [0.717, 1.165) is 28.8 Å². The van der Waals surface area contributed by atoms with E-state index < -0.39 is 6.04 Å². The standard InChI is InChI=1S/C30H30N4O4/c1-37-26-16-15-21(18-27(26)38-2)19-28(35)33-17-9-14-25(33)30(36)31-29-24(22-10-5-3-6-11-22)20-34(32-29)23-12-7-4-8-13-23/h3-8,10-13,15-16,18,20,25H,9,14,17,19H2,1-2H3,(H,31,32,36). The van der Waals surface area contributed by atoms with Crippen molar-refractivity contribution in [1.82, 2.24) is 14.7 Å². The van der Waals surface area contributed by atoms with Gasteiger partial charge < -0.3 is 19.7 Å². The fourth-order valence-electron chi connectivity index (χ4n) is 4.81. The molecule has 3 aromatic carbocycles. The summed E-state index contributed by atoms with van der Waals surface area (Å²) < 4.78 is 12.4. The lowest BCUT2D eigenvalue weighted by Gasteiger charge is -2.24. The van der Waals surface area contributed by atoms with E-state index in [0.29, 0.717) is 30.3 Å². The molecule has 8 heteroatoms. The summed E-state index contributed by atoms with van der Waals surface area (Å²) in [5.41, 5.74) is 3.44. The first-order valence-electron chi connectivity index (χ1n) is 12.6. The van der Waals surface area contributed by atoms with Crippen LogP contribution < -0.4 is 14.8 Å². The van der Waals surface area contributed by atoms with Gasteiger partial charge in [-0.2, -0.15) is 0 Å². The Bertz CT molecular complexity index is 1420. The molecular formula is C30H30N4O4. The number of methoxy groups -OCH3 is 2. The maximum absolute atomic E-state index is 13.5. The van der Waals surface area contributed by atoms with Gasteiger partial charge in [0.25, 0.3) is 0 Å². The molecule has 4 aromatic rings. The molecule has 1 fully saturated rings. The van der Waals surface area contributed by atoms with Gasteiger partial charge >= 0.3 is 0 Å². The highest BCUT2D eigenvalue weighted by Gasteiger charge is 2.34. The van der Waals surface area contributed by atoms with Gasteiger partial charge in [0.15, 0.2) is 17.3 Å². The average Bonchev–Trinajstić information content (AvgIpc) is 3.62. The van der Waals surface area contributed by atoms with Gasteiger partial charge in [0.1, 0.15) is 6.04 Å². The van der Waals surface area contributed by atoms with Crippen molar-refractivity contribution in [3.05, 3.63) is 90.6 Å². The van der Waals surface area contributed by atoms with E-state index in [1.807, 2.05) is 72.9 Å². The van der Waals surface area contributed by atoms with Crippen LogP contribution in [-0.2, 0) is 16.0 Å². The quantitative estimate of drug-likeness (QED) is 0.371. The maximum atomic E-state index is 13.5. The van der Waals surface area contributed by atoms with E-state index in [4.69, 9.17) is 14.6 Å². The van der Waals surface area contributed by atoms with Gasteiger partial charge in [-0.3, -0.25) is 9.59 Å². The smallest absolute Gasteiger partial charge is 0.248 e. The van der Waals surface area contributed by atoms with Crippen molar-refractivity contribution < 1.29 is 19.1 Å². The molecule has 1 N–H and O–H groups in total. The molecule has 1 atom stereocenters. The highest BCUT2D eigenvalue weighted by atomic mass is 16.5. The Morgan fingerprint density at radius 2 is 1.66 bits per heavy atom. The maximum Gasteiger partial charge on any atom is 0.248 e. The molecule has 194 valence electrons. The molecule has 38 heavy (non-hydrogen) atoms. The lowest BCUT2D eigenvalue weighted by atomic mass is 10.1. The summed E-state index contributed by atoms with van der Waals surface area (Å²) >= 11 is 0. The Labute approximate surface area is 221 Å². The van der Waals surface area contributed by atoms with Crippen molar-refractivity contribution in [2.24, 2.45) is 0 Å². The number of carbonyl (C=O) groups is 2. The molecule has 1 unspecified atom stereocenters. The third kappa shape index (κ3) is 5.25. The number of nitrogens with one attached hydrogen (secondary N) is 1. The van der Waals surface area contributed by atoms with Crippen molar-refractivity contribution in [2.75, 3.05) is 26.1 Å². The monoisotopic (exact) mass is 510 g/mol. The molecule has 1 aliphatic rings. The molecule has 1 saturated heterocycles. The summed E-state index contributed by atoms with van der Waals surface area (Å²) in [6.07, 6.45) is 3.44. The summed E-state index contributed by atoms with van der Waals surface area (Å²) in [7, 11) is 3.13. The molecule has 1 aromatic heterocycles. The Kier molecular flexibility index (Phi) is 7.40. The lowest BCUT2D eigenvalue weighted by Crippen LogP contribution is -2.43. The van der Waals surface area contributed by atoms with Crippen LogP contribution in [-0.4, -0.2) is 53.3 Å². The molecule has 0 bridgehead atoms. The number of aromatic nitrogens is 2. The fourth-order valence-corrected chi connectivity index (χ4v) is 4.81. The van der Waals surface area contributed by atoms with Crippen molar-refractivity contribution in [3.8, 4) is 28.3 Å². The van der Waals surface area contributed by atoms with Crippen LogP contribution in [0.4, 0.5) is 5.82 Å². The van der Waals surface area contributed by atoms with Crippen LogP contribution >= 0.6 is 0 Å². The second-order valence-corrected chi connectivity index (χ2v) is 9.14. The molecule has 2 heterocycles. The van der Waals surface area contributed by atoms with Crippen molar-refractivity contribution in [3.63, 3.8) is 0 Å². The largest absolute Gasteiger partial charge is 0.493 e. The van der Waals surface area contributed by atoms with E-state index in [1.165, 1.54) is 0 Å². The van der Waals surface area contributed by atoms with Crippen LogP contribution in [0.25, 0.3) is 16.8 Å². The number of carbonyl (C=O) groups excluding carboxylic acids is 2. The average molecular weight is 511 g/mol. The van der Waals surface area contributed by atoms with Crippen molar-refractivity contribution in [2.45, 2.75) is 25.3 Å². The first-order valence-corrected chi connectivity index (χ1v) is 12.6. The van der Waals surface area contributed by atoms with Crippen molar-refractivity contribution in [1.29, 1.82) is 0 Å². The number of likely N-dealkylation sites (tertiary alicyclic amines) is 1. The van der Waals surface area contributed by atoms with Crippen LogP contribution in [0.3, 0.4) is 0 Å². The number of nitrogens with zero attached hydrogens (tertiary/aromatic N) is 3. The molecule has 0 aliphatic carbocycles. The van der Waals surface area contributed by atoms with Gasteiger partial charge in [0.05, 0.1) is 26.3 Å². The number of ether oxygens (including phenoxy) is 2. The third-order valence-electron chi connectivity index (χ3n) is 6.74. The van der Waals surface area contributed by atoms with E-state index in [2.05, 4.69) is 5.32 Å².